The van der Waals surface area contributed by atoms with Crippen LogP contribution < -0.4 is 10.1 Å². The summed E-state index contributed by atoms with van der Waals surface area (Å²) in [7, 11) is 0. The predicted octanol–water partition coefficient (Wildman–Crippen LogP) is 3.66. The Morgan fingerprint density at radius 1 is 1.11 bits per heavy atom. The Hall–Kier alpha value is -1.96. The first-order valence-electron chi connectivity index (χ1n) is 6.92. The Kier molecular flexibility index (Phi) is 3.41. The Bertz CT molecular complexity index is 522. The van der Waals surface area contributed by atoms with Crippen molar-refractivity contribution in [3.8, 4) is 5.75 Å². The summed E-state index contributed by atoms with van der Waals surface area (Å²) in [6, 6.07) is 16.9. The van der Waals surface area contributed by atoms with Crippen molar-refractivity contribution >= 4 is 5.69 Å². The lowest BCUT2D eigenvalue weighted by atomic mass is 10.1. The summed E-state index contributed by atoms with van der Waals surface area (Å²) < 4.78 is 5.91. The molecule has 0 aromatic heterocycles. The molecule has 0 aliphatic carbocycles. The van der Waals surface area contributed by atoms with Crippen LogP contribution in [0.15, 0.2) is 48.5 Å². The summed E-state index contributed by atoms with van der Waals surface area (Å²) in [4.78, 5) is 0. The fourth-order valence-corrected chi connectivity index (χ4v) is 2.46. The zero-order valence-corrected chi connectivity index (χ0v) is 11.2. The Balaban J connectivity index is 1.56. The molecule has 19 heavy (non-hydrogen) atoms. The number of ether oxygens (including phenoxy) is 1. The van der Waals surface area contributed by atoms with Crippen molar-refractivity contribution in [2.75, 3.05) is 11.9 Å². The Labute approximate surface area is 114 Å². The lowest BCUT2D eigenvalue weighted by Crippen LogP contribution is -2.23. The zero-order valence-electron chi connectivity index (χ0n) is 11.2. The van der Waals surface area contributed by atoms with Crippen LogP contribution >= 0.6 is 0 Å². The molecule has 0 saturated heterocycles. The van der Waals surface area contributed by atoms with E-state index >= 15 is 0 Å². The van der Waals surface area contributed by atoms with Crippen molar-refractivity contribution in [1.82, 2.24) is 0 Å². The summed E-state index contributed by atoms with van der Waals surface area (Å²) in [6.45, 7) is 3.02. The van der Waals surface area contributed by atoms with E-state index in [2.05, 4.69) is 48.6 Å². The highest BCUT2D eigenvalue weighted by molar-refractivity contribution is 5.45. The SMILES string of the molecule is CCc1ccc(NCC2Cc3ccccc3O2)cc1. The summed E-state index contributed by atoms with van der Waals surface area (Å²) >= 11 is 0. The molecule has 1 unspecified atom stereocenters. The molecule has 0 spiro atoms. The summed E-state index contributed by atoms with van der Waals surface area (Å²) in [6.07, 6.45) is 2.32. The number of benzene rings is 2. The number of rotatable bonds is 4. The Morgan fingerprint density at radius 2 is 1.89 bits per heavy atom. The smallest absolute Gasteiger partial charge is 0.123 e. The second-order valence-electron chi connectivity index (χ2n) is 4.98. The standard InChI is InChI=1S/C17H19NO/c1-2-13-7-9-15(10-8-13)18-12-16-11-14-5-3-4-6-17(14)19-16/h3-10,16,18H,2,11-12H2,1H3. The molecule has 0 saturated carbocycles. The van der Waals surface area contributed by atoms with Gasteiger partial charge in [0.25, 0.3) is 0 Å². The molecule has 0 bridgehead atoms. The van der Waals surface area contributed by atoms with E-state index in [1.807, 2.05) is 12.1 Å². The average molecular weight is 253 g/mol. The first-order chi connectivity index (χ1) is 9.35. The van der Waals surface area contributed by atoms with Gasteiger partial charge in [-0.25, -0.2) is 0 Å². The number of para-hydroxylation sites is 1. The van der Waals surface area contributed by atoms with Crippen molar-refractivity contribution in [2.45, 2.75) is 25.9 Å². The highest BCUT2D eigenvalue weighted by Gasteiger charge is 2.21. The maximum atomic E-state index is 5.91. The van der Waals surface area contributed by atoms with E-state index in [0.717, 1.165) is 30.8 Å². The molecule has 0 amide bonds. The molecule has 1 aliphatic heterocycles. The first-order valence-corrected chi connectivity index (χ1v) is 6.92. The average Bonchev–Trinajstić information content (AvgIpc) is 2.88. The molecule has 1 aliphatic rings. The maximum absolute atomic E-state index is 5.91. The monoisotopic (exact) mass is 253 g/mol. The van der Waals surface area contributed by atoms with Gasteiger partial charge in [0.1, 0.15) is 11.9 Å². The van der Waals surface area contributed by atoms with Crippen LogP contribution in [0.2, 0.25) is 0 Å². The first kappa shape index (κ1) is 12.1. The summed E-state index contributed by atoms with van der Waals surface area (Å²) in [5, 5.41) is 3.45. The molecule has 2 aromatic rings. The number of hydrogen-bond acceptors (Lipinski definition) is 2. The van der Waals surface area contributed by atoms with Gasteiger partial charge >= 0.3 is 0 Å². The van der Waals surface area contributed by atoms with E-state index < -0.39 is 0 Å². The van der Waals surface area contributed by atoms with Crippen LogP contribution in [-0.2, 0) is 12.8 Å². The number of anilines is 1. The van der Waals surface area contributed by atoms with E-state index in [9.17, 15) is 0 Å². The highest BCUT2D eigenvalue weighted by atomic mass is 16.5. The number of nitrogens with one attached hydrogen (secondary N) is 1. The molecular formula is C17H19NO. The van der Waals surface area contributed by atoms with Crippen LogP contribution in [0.4, 0.5) is 5.69 Å². The predicted molar refractivity (Wildman–Crippen MR) is 78.9 cm³/mol. The molecule has 0 fully saturated rings. The maximum Gasteiger partial charge on any atom is 0.123 e. The van der Waals surface area contributed by atoms with Crippen molar-refractivity contribution in [1.29, 1.82) is 0 Å². The van der Waals surface area contributed by atoms with E-state index in [0.29, 0.717) is 0 Å². The van der Waals surface area contributed by atoms with Crippen molar-refractivity contribution in [3.63, 3.8) is 0 Å². The minimum Gasteiger partial charge on any atom is -0.488 e. The molecule has 0 radical (unpaired) electrons. The van der Waals surface area contributed by atoms with Gasteiger partial charge in [-0.15, -0.1) is 0 Å². The summed E-state index contributed by atoms with van der Waals surface area (Å²) in [5.41, 5.74) is 3.85. The topological polar surface area (TPSA) is 21.3 Å². The molecule has 1 N–H and O–H groups in total. The molecule has 2 nitrogen and oxygen atoms in total. The molecule has 2 heteroatoms. The zero-order chi connectivity index (χ0) is 13.1. The van der Waals surface area contributed by atoms with Crippen LogP contribution in [-0.4, -0.2) is 12.6 Å². The van der Waals surface area contributed by atoms with E-state index in [-0.39, 0.29) is 6.10 Å². The van der Waals surface area contributed by atoms with Gasteiger partial charge in [0.05, 0.1) is 6.54 Å². The normalized spacial score (nSPS) is 16.8. The highest BCUT2D eigenvalue weighted by Crippen LogP contribution is 2.28. The van der Waals surface area contributed by atoms with Gasteiger partial charge in [0, 0.05) is 12.1 Å². The number of hydrogen-bond donors (Lipinski definition) is 1. The van der Waals surface area contributed by atoms with Crippen LogP contribution in [0.5, 0.6) is 5.75 Å². The third-order valence-corrected chi connectivity index (χ3v) is 3.61. The van der Waals surface area contributed by atoms with Gasteiger partial charge in [-0.1, -0.05) is 37.3 Å². The lowest BCUT2D eigenvalue weighted by Gasteiger charge is -2.13. The van der Waals surface area contributed by atoms with Gasteiger partial charge < -0.3 is 10.1 Å². The van der Waals surface area contributed by atoms with Crippen molar-refractivity contribution in [3.05, 3.63) is 59.7 Å². The van der Waals surface area contributed by atoms with Crippen LogP contribution in [0, 0.1) is 0 Å². The number of aryl methyl sites for hydroxylation is 1. The molecule has 1 atom stereocenters. The third kappa shape index (κ3) is 2.73. The third-order valence-electron chi connectivity index (χ3n) is 3.61. The van der Waals surface area contributed by atoms with Gasteiger partial charge in [-0.05, 0) is 35.7 Å². The number of fused-ring (bicyclic) bond motifs is 1. The quantitative estimate of drug-likeness (QED) is 0.897. The molecule has 1 heterocycles. The fourth-order valence-electron chi connectivity index (χ4n) is 2.46. The largest absolute Gasteiger partial charge is 0.488 e. The second-order valence-corrected chi connectivity index (χ2v) is 4.98. The second kappa shape index (κ2) is 5.35. The van der Waals surface area contributed by atoms with Gasteiger partial charge in [0.2, 0.25) is 0 Å². The van der Waals surface area contributed by atoms with Crippen molar-refractivity contribution < 1.29 is 4.74 Å². The van der Waals surface area contributed by atoms with Crippen LogP contribution in [0.25, 0.3) is 0 Å². The minimum absolute atomic E-state index is 0.239. The fraction of sp³-hybridized carbons (Fsp3) is 0.294. The van der Waals surface area contributed by atoms with Gasteiger partial charge in [-0.2, -0.15) is 0 Å². The van der Waals surface area contributed by atoms with Crippen LogP contribution in [0.3, 0.4) is 0 Å². The van der Waals surface area contributed by atoms with Crippen LogP contribution in [0.1, 0.15) is 18.1 Å². The van der Waals surface area contributed by atoms with E-state index in [1.54, 1.807) is 0 Å². The molecule has 3 rings (SSSR count). The molecule has 98 valence electrons. The summed E-state index contributed by atoms with van der Waals surface area (Å²) in [5.74, 6) is 1.04. The Morgan fingerprint density at radius 3 is 2.63 bits per heavy atom. The van der Waals surface area contributed by atoms with Gasteiger partial charge in [0.15, 0.2) is 0 Å². The van der Waals surface area contributed by atoms with E-state index in [1.165, 1.54) is 11.1 Å². The van der Waals surface area contributed by atoms with E-state index in [4.69, 9.17) is 4.74 Å². The minimum atomic E-state index is 0.239. The van der Waals surface area contributed by atoms with Gasteiger partial charge in [-0.3, -0.25) is 0 Å². The lowest BCUT2D eigenvalue weighted by molar-refractivity contribution is 0.246. The van der Waals surface area contributed by atoms with Crippen molar-refractivity contribution in [2.24, 2.45) is 0 Å². The molecular weight excluding hydrogens is 234 g/mol. The molecule has 2 aromatic carbocycles.